The van der Waals surface area contributed by atoms with Gasteiger partial charge in [0.15, 0.2) is 11.4 Å². The summed E-state index contributed by atoms with van der Waals surface area (Å²) in [5.74, 6) is -2.92. The van der Waals surface area contributed by atoms with Crippen LogP contribution in [0.2, 0.25) is 0 Å². The van der Waals surface area contributed by atoms with Gasteiger partial charge in [0.1, 0.15) is 23.8 Å². The zero-order valence-electron chi connectivity index (χ0n) is 23.1. The molecule has 0 saturated carbocycles. The van der Waals surface area contributed by atoms with Crippen molar-refractivity contribution in [2.24, 2.45) is 5.10 Å². The number of nitrogens with zero attached hydrogens (tertiary/aromatic N) is 4. The van der Waals surface area contributed by atoms with Crippen molar-refractivity contribution in [3.05, 3.63) is 99.0 Å². The van der Waals surface area contributed by atoms with E-state index in [1.165, 1.54) is 12.3 Å². The second-order valence-electron chi connectivity index (χ2n) is 10.4. The fraction of sp³-hybridized carbons (Fsp3) is 0.333. The van der Waals surface area contributed by atoms with Crippen molar-refractivity contribution >= 4 is 17.5 Å². The number of hydrazone groups is 1. The SMILES string of the molecule is C[C@H]1CCC(=NN(C)C)[C@H]2CN1C(=O)c1c(OCc3ccccc3)c(=O)c(C(=O)NCc3ccc(F)cc3F)cn12. The van der Waals surface area contributed by atoms with Gasteiger partial charge in [-0.05, 0) is 31.4 Å². The van der Waals surface area contributed by atoms with Gasteiger partial charge >= 0.3 is 0 Å². The molecule has 1 saturated heterocycles. The number of aromatic nitrogens is 1. The molecular weight excluding hydrogens is 532 g/mol. The second-order valence-corrected chi connectivity index (χ2v) is 10.4. The number of ether oxygens (including phenoxy) is 1. The largest absolute Gasteiger partial charge is 0.483 e. The van der Waals surface area contributed by atoms with E-state index < -0.39 is 29.0 Å². The number of rotatable bonds is 7. The van der Waals surface area contributed by atoms with Crippen LogP contribution in [0.4, 0.5) is 8.78 Å². The number of hydrogen-bond acceptors (Lipinski definition) is 6. The maximum Gasteiger partial charge on any atom is 0.274 e. The minimum atomic E-state index is -0.817. The Morgan fingerprint density at radius 2 is 1.90 bits per heavy atom. The molecular formula is C30H31F2N5O4. The van der Waals surface area contributed by atoms with Crippen molar-refractivity contribution in [2.45, 2.75) is 45.0 Å². The van der Waals surface area contributed by atoms with Crippen molar-refractivity contribution < 1.29 is 23.1 Å². The van der Waals surface area contributed by atoms with Gasteiger partial charge in [-0.3, -0.25) is 14.4 Å². The fourth-order valence-electron chi connectivity index (χ4n) is 5.22. The summed E-state index contributed by atoms with van der Waals surface area (Å²) in [7, 11) is 3.61. The molecule has 3 heterocycles. The number of carbonyl (C=O) groups is 2. The zero-order chi connectivity index (χ0) is 29.3. The first-order chi connectivity index (χ1) is 19.6. The van der Waals surface area contributed by atoms with Crippen molar-refractivity contribution in [3.63, 3.8) is 0 Å². The summed E-state index contributed by atoms with van der Waals surface area (Å²) in [4.78, 5) is 42.7. The average molecular weight is 564 g/mol. The quantitative estimate of drug-likeness (QED) is 0.442. The lowest BCUT2D eigenvalue weighted by Crippen LogP contribution is -2.49. The van der Waals surface area contributed by atoms with Crippen LogP contribution in [-0.4, -0.2) is 58.7 Å². The van der Waals surface area contributed by atoms with E-state index in [4.69, 9.17) is 4.74 Å². The highest BCUT2D eigenvalue weighted by molar-refractivity contribution is 6.02. The van der Waals surface area contributed by atoms with Crippen molar-refractivity contribution in [1.29, 1.82) is 0 Å². The summed E-state index contributed by atoms with van der Waals surface area (Å²) < 4.78 is 35.2. The Hall–Kier alpha value is -4.54. The van der Waals surface area contributed by atoms with E-state index in [2.05, 4.69) is 10.4 Å². The van der Waals surface area contributed by atoms with Crippen LogP contribution in [0, 0.1) is 11.6 Å². The van der Waals surface area contributed by atoms with Crippen LogP contribution in [0.15, 0.2) is 64.6 Å². The molecule has 0 aliphatic carbocycles. The first-order valence-corrected chi connectivity index (χ1v) is 13.4. The molecule has 5 rings (SSSR count). The second kappa shape index (κ2) is 11.5. The van der Waals surface area contributed by atoms with E-state index in [0.29, 0.717) is 19.4 Å². The predicted octanol–water partition coefficient (Wildman–Crippen LogP) is 3.73. The normalized spacial score (nSPS) is 19.0. The van der Waals surface area contributed by atoms with Crippen LogP contribution in [-0.2, 0) is 13.2 Å². The van der Waals surface area contributed by atoms with Gasteiger partial charge < -0.3 is 24.5 Å². The Balaban J connectivity index is 1.60. The van der Waals surface area contributed by atoms with Crippen LogP contribution in [0.1, 0.15) is 57.8 Å². The van der Waals surface area contributed by atoms with Crippen LogP contribution in [0.25, 0.3) is 0 Å². The van der Waals surface area contributed by atoms with Crippen LogP contribution >= 0.6 is 0 Å². The molecule has 214 valence electrons. The highest BCUT2D eigenvalue weighted by Crippen LogP contribution is 2.34. The van der Waals surface area contributed by atoms with Crippen molar-refractivity contribution in [2.75, 3.05) is 20.6 Å². The molecule has 9 nitrogen and oxygen atoms in total. The minimum absolute atomic E-state index is 0.00108. The molecule has 2 atom stereocenters. The molecule has 2 aromatic carbocycles. The summed E-state index contributed by atoms with van der Waals surface area (Å²) >= 11 is 0. The molecule has 2 aliphatic heterocycles. The third-order valence-electron chi connectivity index (χ3n) is 7.35. The Labute approximate surface area is 236 Å². The van der Waals surface area contributed by atoms with E-state index in [1.54, 1.807) is 28.6 Å². The smallest absolute Gasteiger partial charge is 0.274 e. The van der Waals surface area contributed by atoms with Gasteiger partial charge in [-0.15, -0.1) is 0 Å². The molecule has 2 aliphatic rings. The third-order valence-corrected chi connectivity index (χ3v) is 7.35. The van der Waals surface area contributed by atoms with E-state index >= 15 is 0 Å². The lowest BCUT2D eigenvalue weighted by Gasteiger charge is -2.37. The molecule has 2 amide bonds. The maximum absolute atomic E-state index is 14.2. The molecule has 1 fully saturated rings. The van der Waals surface area contributed by atoms with Crippen molar-refractivity contribution in [3.8, 4) is 5.75 Å². The van der Waals surface area contributed by atoms with Gasteiger partial charge in [0, 0.05) is 51.1 Å². The molecule has 11 heteroatoms. The van der Waals surface area contributed by atoms with Crippen molar-refractivity contribution in [1.82, 2.24) is 19.8 Å². The summed E-state index contributed by atoms with van der Waals surface area (Å²) in [6.07, 6.45) is 2.67. The monoisotopic (exact) mass is 563 g/mol. The first kappa shape index (κ1) is 28.0. The summed E-state index contributed by atoms with van der Waals surface area (Å²) in [6, 6.07) is 11.7. The van der Waals surface area contributed by atoms with Gasteiger partial charge in [0.25, 0.3) is 11.8 Å². The zero-order valence-corrected chi connectivity index (χ0v) is 23.1. The lowest BCUT2D eigenvalue weighted by molar-refractivity contribution is 0.0616. The summed E-state index contributed by atoms with van der Waals surface area (Å²) in [6.45, 7) is 2.01. The van der Waals surface area contributed by atoms with E-state index in [9.17, 15) is 23.2 Å². The highest BCUT2D eigenvalue weighted by atomic mass is 19.1. The highest BCUT2D eigenvalue weighted by Gasteiger charge is 2.42. The number of pyridine rings is 1. The van der Waals surface area contributed by atoms with Crippen LogP contribution in [0.3, 0.4) is 0 Å². The molecule has 1 aromatic heterocycles. The number of nitrogens with one attached hydrogen (secondary N) is 1. The van der Waals surface area contributed by atoms with Gasteiger partial charge in [0.2, 0.25) is 5.43 Å². The Bertz CT molecular complexity index is 1570. The average Bonchev–Trinajstić information content (AvgIpc) is 3.08. The third kappa shape index (κ3) is 5.70. The standard InChI is InChI=1S/C30H31F2N5O4/c1-18-9-12-24(34-35(2)3)25-16-36(18)30(40)26-28(41-17-19-7-5-4-6-8-19)27(38)22(15-37(25)26)29(39)33-14-20-10-11-21(31)13-23(20)32/h4-8,10-11,13,15,18,25H,9,12,14,16-17H2,1-3H3,(H,33,39)/t18-,25+/m0/s1. The summed E-state index contributed by atoms with van der Waals surface area (Å²) in [5, 5.41) is 8.92. The number of halogens is 2. The topological polar surface area (TPSA) is 96.2 Å². The van der Waals surface area contributed by atoms with Gasteiger partial charge in [-0.1, -0.05) is 36.4 Å². The molecule has 3 aromatic rings. The van der Waals surface area contributed by atoms with E-state index in [0.717, 1.165) is 23.4 Å². The first-order valence-electron chi connectivity index (χ1n) is 13.4. The number of fused-ring (bicyclic) bond motifs is 4. The minimum Gasteiger partial charge on any atom is -0.483 e. The number of hydrogen-bond donors (Lipinski definition) is 1. The molecule has 0 radical (unpaired) electrons. The number of amides is 2. The molecule has 41 heavy (non-hydrogen) atoms. The molecule has 0 spiro atoms. The maximum atomic E-state index is 14.2. The van der Waals surface area contributed by atoms with Gasteiger partial charge in [-0.25, -0.2) is 8.78 Å². The van der Waals surface area contributed by atoms with Gasteiger partial charge in [-0.2, -0.15) is 5.10 Å². The van der Waals surface area contributed by atoms with E-state index in [1.807, 2.05) is 37.3 Å². The Kier molecular flexibility index (Phi) is 7.87. The molecule has 1 N–H and O–H groups in total. The fourth-order valence-corrected chi connectivity index (χ4v) is 5.22. The predicted molar refractivity (Wildman–Crippen MR) is 149 cm³/mol. The van der Waals surface area contributed by atoms with Crippen LogP contribution in [0.5, 0.6) is 5.75 Å². The number of carbonyl (C=O) groups excluding carboxylic acids is 2. The Morgan fingerprint density at radius 1 is 1.15 bits per heavy atom. The van der Waals surface area contributed by atoms with Gasteiger partial charge in [0.05, 0.1) is 11.8 Å². The lowest BCUT2D eigenvalue weighted by atomic mass is 10.0. The number of benzene rings is 2. The summed E-state index contributed by atoms with van der Waals surface area (Å²) in [5.41, 5.74) is 0.677. The van der Waals surface area contributed by atoms with E-state index in [-0.39, 0.29) is 47.7 Å². The Morgan fingerprint density at radius 3 is 2.61 bits per heavy atom. The molecule has 2 bridgehead atoms. The van der Waals surface area contributed by atoms with Crippen LogP contribution < -0.4 is 15.5 Å². The molecule has 0 unspecified atom stereocenters.